The van der Waals surface area contributed by atoms with E-state index in [1.54, 1.807) is 6.08 Å². The summed E-state index contributed by atoms with van der Waals surface area (Å²) >= 11 is 6.04. The SMILES string of the molecule is Cc1ccc(N(c2ccc(C)cc2)c2ccc(/C=C(\C=C3\SC(=S)N(CC(=O)O)C3=O)N=O)cc2)cc1. The molecule has 0 bridgehead atoms. The number of allylic oxidation sites excluding steroid dienone is 1. The number of thioether (sulfide) groups is 1. The van der Waals surface area contributed by atoms with Gasteiger partial charge in [-0.1, -0.05) is 71.5 Å². The van der Waals surface area contributed by atoms with Crippen molar-refractivity contribution in [1.29, 1.82) is 0 Å². The first-order valence-electron chi connectivity index (χ1n) is 11.3. The highest BCUT2D eigenvalue weighted by Crippen LogP contribution is 2.35. The molecule has 1 aliphatic rings. The fourth-order valence-electron chi connectivity index (χ4n) is 3.73. The maximum absolute atomic E-state index is 12.5. The first-order chi connectivity index (χ1) is 17.7. The van der Waals surface area contributed by atoms with E-state index in [9.17, 15) is 14.5 Å². The molecule has 9 heteroatoms. The molecule has 0 saturated carbocycles. The molecule has 1 amide bonds. The molecule has 3 aromatic rings. The van der Waals surface area contributed by atoms with Crippen molar-refractivity contribution in [3.63, 3.8) is 0 Å². The van der Waals surface area contributed by atoms with Gasteiger partial charge < -0.3 is 10.0 Å². The second kappa shape index (κ2) is 11.3. The Bertz CT molecular complexity index is 1370. The van der Waals surface area contributed by atoms with Crippen molar-refractivity contribution in [2.24, 2.45) is 5.18 Å². The first kappa shape index (κ1) is 26.0. The molecule has 37 heavy (non-hydrogen) atoms. The molecule has 4 rings (SSSR count). The lowest BCUT2D eigenvalue weighted by Crippen LogP contribution is -2.33. The minimum absolute atomic E-state index is 0.0255. The number of anilines is 3. The molecule has 0 atom stereocenters. The highest BCUT2D eigenvalue weighted by molar-refractivity contribution is 8.26. The fourth-order valence-corrected chi connectivity index (χ4v) is 4.97. The van der Waals surface area contributed by atoms with Crippen LogP contribution in [-0.2, 0) is 9.59 Å². The van der Waals surface area contributed by atoms with Gasteiger partial charge in [0.2, 0.25) is 0 Å². The van der Waals surface area contributed by atoms with Gasteiger partial charge in [-0.3, -0.25) is 14.5 Å². The number of nitrogens with zero attached hydrogens (tertiary/aromatic N) is 3. The van der Waals surface area contributed by atoms with E-state index in [1.165, 1.54) is 17.2 Å². The van der Waals surface area contributed by atoms with Crippen molar-refractivity contribution in [2.45, 2.75) is 13.8 Å². The largest absolute Gasteiger partial charge is 0.480 e. The quantitative estimate of drug-likeness (QED) is 0.197. The molecule has 7 nitrogen and oxygen atoms in total. The maximum Gasteiger partial charge on any atom is 0.323 e. The summed E-state index contributed by atoms with van der Waals surface area (Å²) in [4.78, 5) is 38.3. The van der Waals surface area contributed by atoms with Crippen LogP contribution in [0, 0.1) is 18.8 Å². The lowest BCUT2D eigenvalue weighted by molar-refractivity contribution is -0.140. The predicted octanol–water partition coefficient (Wildman–Crippen LogP) is 6.71. The Morgan fingerprint density at radius 2 is 1.43 bits per heavy atom. The Balaban J connectivity index is 1.63. The molecule has 1 fully saturated rings. The van der Waals surface area contributed by atoms with Crippen molar-refractivity contribution >= 4 is 63.3 Å². The van der Waals surface area contributed by atoms with E-state index in [0.717, 1.165) is 33.7 Å². The van der Waals surface area contributed by atoms with E-state index in [1.807, 2.05) is 38.1 Å². The monoisotopic (exact) mass is 529 g/mol. The van der Waals surface area contributed by atoms with Gasteiger partial charge in [0, 0.05) is 17.1 Å². The number of thiocarbonyl (C=S) groups is 1. The standard InChI is InChI=1S/C28H23N3O4S2/c1-18-3-9-22(10-4-18)31(23-11-5-19(2)6-12-23)24-13-7-20(8-14-24)15-21(29-35)16-25-27(34)30(17-26(32)33)28(36)37-25/h3-16H,17H2,1-2H3,(H,32,33)/b21-15+,25-16+. The van der Waals surface area contributed by atoms with Gasteiger partial charge in [0.05, 0.1) is 4.91 Å². The summed E-state index contributed by atoms with van der Waals surface area (Å²) in [6.45, 7) is 3.56. The fraction of sp³-hybridized carbons (Fsp3) is 0.107. The Morgan fingerprint density at radius 3 is 1.89 bits per heavy atom. The molecule has 0 aromatic heterocycles. The van der Waals surface area contributed by atoms with E-state index >= 15 is 0 Å². The van der Waals surface area contributed by atoms with Crippen molar-refractivity contribution in [3.05, 3.63) is 111 Å². The third-order valence-electron chi connectivity index (χ3n) is 5.60. The Hall–Kier alpha value is -4.08. The zero-order valence-electron chi connectivity index (χ0n) is 20.1. The molecule has 1 N–H and O–H groups in total. The number of hydrogen-bond acceptors (Lipinski definition) is 7. The molecule has 0 radical (unpaired) electrons. The Kier molecular flexibility index (Phi) is 7.95. The number of aliphatic carboxylic acids is 1. The van der Waals surface area contributed by atoms with Gasteiger partial charge in [0.15, 0.2) is 0 Å². The summed E-state index contributed by atoms with van der Waals surface area (Å²) in [6, 6.07) is 24.1. The van der Waals surface area contributed by atoms with Crippen molar-refractivity contribution in [1.82, 2.24) is 4.90 Å². The van der Waals surface area contributed by atoms with Crippen LogP contribution >= 0.6 is 24.0 Å². The van der Waals surface area contributed by atoms with E-state index in [2.05, 4.69) is 58.6 Å². The summed E-state index contributed by atoms with van der Waals surface area (Å²) < 4.78 is 0.126. The molecule has 1 heterocycles. The van der Waals surface area contributed by atoms with Gasteiger partial charge in [-0.2, -0.15) is 0 Å². The third kappa shape index (κ3) is 6.19. The topological polar surface area (TPSA) is 90.3 Å². The summed E-state index contributed by atoms with van der Waals surface area (Å²) in [6.07, 6.45) is 2.88. The second-order valence-corrected chi connectivity index (χ2v) is 10.1. The minimum Gasteiger partial charge on any atom is -0.480 e. The number of rotatable bonds is 8. The Morgan fingerprint density at radius 1 is 0.946 bits per heavy atom. The Labute approximate surface area is 224 Å². The number of aryl methyl sites for hydroxylation is 2. The summed E-state index contributed by atoms with van der Waals surface area (Å²) in [5.41, 5.74) is 6.03. The second-order valence-electron chi connectivity index (χ2n) is 8.42. The highest BCUT2D eigenvalue weighted by atomic mass is 32.2. The van der Waals surface area contributed by atoms with Gasteiger partial charge >= 0.3 is 5.97 Å². The first-order valence-corrected chi connectivity index (χ1v) is 12.5. The van der Waals surface area contributed by atoms with Gasteiger partial charge in [-0.05, 0) is 73.1 Å². The number of amides is 1. The average Bonchev–Trinajstić information content (AvgIpc) is 3.14. The molecule has 1 saturated heterocycles. The molecule has 0 unspecified atom stereocenters. The number of carboxylic acid groups (broad SMARTS) is 1. The molecular formula is C28H23N3O4S2. The number of hydrogen-bond donors (Lipinski definition) is 1. The summed E-state index contributed by atoms with van der Waals surface area (Å²) in [5, 5.41) is 12.0. The van der Waals surface area contributed by atoms with Gasteiger partial charge in [0.1, 0.15) is 16.6 Å². The van der Waals surface area contributed by atoms with E-state index in [-0.39, 0.29) is 14.9 Å². The van der Waals surface area contributed by atoms with Crippen LogP contribution in [0.25, 0.3) is 6.08 Å². The summed E-state index contributed by atoms with van der Waals surface area (Å²) in [5.74, 6) is -1.73. The van der Waals surface area contributed by atoms with Crippen LogP contribution < -0.4 is 4.90 Å². The smallest absolute Gasteiger partial charge is 0.323 e. The predicted molar refractivity (Wildman–Crippen MR) is 152 cm³/mol. The van der Waals surface area contributed by atoms with Crippen LogP contribution in [0.3, 0.4) is 0 Å². The van der Waals surface area contributed by atoms with Gasteiger partial charge in [0.25, 0.3) is 5.91 Å². The van der Waals surface area contributed by atoms with E-state index in [4.69, 9.17) is 17.3 Å². The van der Waals surface area contributed by atoms with Crippen LogP contribution in [0.4, 0.5) is 17.1 Å². The molecule has 0 aliphatic carbocycles. The molecule has 1 aliphatic heterocycles. The third-order valence-corrected chi connectivity index (χ3v) is 6.98. The van der Waals surface area contributed by atoms with Crippen molar-refractivity contribution in [2.75, 3.05) is 11.4 Å². The maximum atomic E-state index is 12.5. The molecule has 186 valence electrons. The highest BCUT2D eigenvalue weighted by Gasteiger charge is 2.33. The minimum atomic E-state index is -1.17. The molecule has 0 spiro atoms. The van der Waals surface area contributed by atoms with Crippen LogP contribution in [-0.4, -0.2) is 32.7 Å². The lowest BCUT2D eigenvalue weighted by Gasteiger charge is -2.25. The molecular weight excluding hydrogens is 506 g/mol. The van der Waals surface area contributed by atoms with Crippen LogP contribution in [0.15, 0.2) is 94.7 Å². The van der Waals surface area contributed by atoms with Crippen LogP contribution in [0.1, 0.15) is 16.7 Å². The summed E-state index contributed by atoms with van der Waals surface area (Å²) in [7, 11) is 0. The van der Waals surface area contributed by atoms with Crippen LogP contribution in [0.2, 0.25) is 0 Å². The number of carboxylic acids is 1. The van der Waals surface area contributed by atoms with Gasteiger partial charge in [-0.15, -0.1) is 4.91 Å². The average molecular weight is 530 g/mol. The van der Waals surface area contributed by atoms with Gasteiger partial charge in [-0.25, -0.2) is 0 Å². The van der Waals surface area contributed by atoms with Crippen molar-refractivity contribution < 1.29 is 14.7 Å². The number of benzene rings is 3. The van der Waals surface area contributed by atoms with E-state index < -0.39 is 18.4 Å². The number of carbonyl (C=O) groups excluding carboxylic acids is 1. The van der Waals surface area contributed by atoms with Crippen molar-refractivity contribution in [3.8, 4) is 0 Å². The lowest BCUT2D eigenvalue weighted by atomic mass is 10.1. The number of carbonyl (C=O) groups is 2. The molecule has 3 aromatic carbocycles. The zero-order chi connectivity index (χ0) is 26.5. The van der Waals surface area contributed by atoms with E-state index in [0.29, 0.717) is 5.56 Å². The normalized spacial score (nSPS) is 14.8. The number of nitroso groups, excluding NO2 is 1. The zero-order valence-corrected chi connectivity index (χ0v) is 21.8. The van der Waals surface area contributed by atoms with Crippen LogP contribution in [0.5, 0.6) is 0 Å².